The predicted octanol–water partition coefficient (Wildman–Crippen LogP) is 2.11. The fourth-order valence-corrected chi connectivity index (χ4v) is 3.07. The number of nitrogen functional groups attached to an aromatic ring is 1. The molecule has 1 aromatic rings. The van der Waals surface area contributed by atoms with E-state index in [4.69, 9.17) is 10.5 Å². The van der Waals surface area contributed by atoms with E-state index in [9.17, 15) is 0 Å². The molecule has 1 unspecified atom stereocenters. The lowest BCUT2D eigenvalue weighted by atomic mass is 10.2. The van der Waals surface area contributed by atoms with E-state index >= 15 is 0 Å². The lowest BCUT2D eigenvalue weighted by Gasteiger charge is -2.24. The van der Waals surface area contributed by atoms with Crippen LogP contribution in [0.3, 0.4) is 0 Å². The second-order valence-corrected chi connectivity index (χ2v) is 4.56. The molecule has 4 nitrogen and oxygen atoms in total. The summed E-state index contributed by atoms with van der Waals surface area (Å²) >= 11 is 1.44. The number of hydrogen-bond acceptors (Lipinski definition) is 5. The molecule has 1 aromatic heterocycles. The average Bonchev–Trinajstić information content (AvgIpc) is 2.82. The van der Waals surface area contributed by atoms with Crippen molar-refractivity contribution in [1.82, 2.24) is 4.37 Å². The Labute approximate surface area is 94.2 Å². The van der Waals surface area contributed by atoms with E-state index in [1.165, 1.54) is 30.8 Å². The van der Waals surface area contributed by atoms with Gasteiger partial charge in [-0.25, -0.2) is 0 Å². The van der Waals surface area contributed by atoms with E-state index in [0.717, 1.165) is 17.3 Å². The highest BCUT2D eigenvalue weighted by Crippen LogP contribution is 2.41. The van der Waals surface area contributed by atoms with Gasteiger partial charge in [0.1, 0.15) is 0 Å². The molecule has 0 spiro atoms. The number of anilines is 2. The van der Waals surface area contributed by atoms with E-state index in [1.54, 1.807) is 7.11 Å². The zero-order valence-corrected chi connectivity index (χ0v) is 10.0. The van der Waals surface area contributed by atoms with Crippen LogP contribution in [0.2, 0.25) is 0 Å². The lowest BCUT2D eigenvalue weighted by molar-refractivity contribution is 0.417. The molecule has 2 rings (SSSR count). The van der Waals surface area contributed by atoms with Crippen molar-refractivity contribution in [2.24, 2.45) is 0 Å². The van der Waals surface area contributed by atoms with Crippen molar-refractivity contribution in [2.45, 2.75) is 32.2 Å². The third-order valence-corrected chi connectivity index (χ3v) is 3.85. The first-order chi connectivity index (χ1) is 7.27. The first-order valence-electron chi connectivity index (χ1n) is 5.33. The van der Waals surface area contributed by atoms with Crippen LogP contribution in [0.25, 0.3) is 0 Å². The topological polar surface area (TPSA) is 51.4 Å². The highest BCUT2D eigenvalue weighted by atomic mass is 32.1. The Balaban J connectivity index is 2.28. The second kappa shape index (κ2) is 4.26. The van der Waals surface area contributed by atoms with Crippen molar-refractivity contribution < 1.29 is 4.74 Å². The maximum absolute atomic E-state index is 5.75. The van der Waals surface area contributed by atoms with Gasteiger partial charge in [-0.05, 0) is 30.8 Å². The minimum Gasteiger partial charge on any atom is -0.490 e. The quantitative estimate of drug-likeness (QED) is 0.859. The van der Waals surface area contributed by atoms with Gasteiger partial charge in [0, 0.05) is 12.6 Å². The van der Waals surface area contributed by atoms with Crippen LogP contribution in [0, 0.1) is 0 Å². The Morgan fingerprint density at radius 1 is 1.67 bits per heavy atom. The zero-order chi connectivity index (χ0) is 10.8. The normalized spacial score (nSPS) is 20.9. The first kappa shape index (κ1) is 10.5. The first-order valence-corrected chi connectivity index (χ1v) is 6.11. The van der Waals surface area contributed by atoms with Gasteiger partial charge in [0.2, 0.25) is 0 Å². The number of nitrogens with zero attached hydrogens (tertiary/aromatic N) is 2. The number of methoxy groups -OCH3 is 1. The summed E-state index contributed by atoms with van der Waals surface area (Å²) in [6.07, 6.45) is 3.68. The molecule has 2 heterocycles. The molecule has 0 amide bonds. The van der Waals surface area contributed by atoms with Gasteiger partial charge < -0.3 is 15.4 Å². The summed E-state index contributed by atoms with van der Waals surface area (Å²) in [5.74, 6) is 1.26. The molecular formula is C10H17N3OS. The minimum atomic E-state index is 0.513. The van der Waals surface area contributed by atoms with Gasteiger partial charge in [-0.2, -0.15) is 4.37 Å². The van der Waals surface area contributed by atoms with Crippen molar-refractivity contribution in [3.63, 3.8) is 0 Å². The summed E-state index contributed by atoms with van der Waals surface area (Å²) in [5.41, 5.74) is 5.75. The molecule has 15 heavy (non-hydrogen) atoms. The number of aromatic nitrogens is 1. The van der Waals surface area contributed by atoms with E-state index in [-0.39, 0.29) is 0 Å². The highest BCUT2D eigenvalue weighted by Gasteiger charge is 2.28. The molecule has 0 aliphatic carbocycles. The van der Waals surface area contributed by atoms with Crippen LogP contribution in [0.4, 0.5) is 10.8 Å². The fourth-order valence-electron chi connectivity index (χ4n) is 2.19. The number of ether oxygens (including phenoxy) is 1. The van der Waals surface area contributed by atoms with E-state index in [1.807, 2.05) is 0 Å². The Morgan fingerprint density at radius 2 is 2.47 bits per heavy atom. The van der Waals surface area contributed by atoms with Crippen molar-refractivity contribution >= 4 is 22.4 Å². The lowest BCUT2D eigenvalue weighted by Crippen LogP contribution is -2.27. The second-order valence-electron chi connectivity index (χ2n) is 3.80. The van der Waals surface area contributed by atoms with E-state index < -0.39 is 0 Å². The minimum absolute atomic E-state index is 0.513. The van der Waals surface area contributed by atoms with Crippen LogP contribution >= 0.6 is 11.5 Å². The Bertz CT molecular complexity index is 339. The summed E-state index contributed by atoms with van der Waals surface area (Å²) in [6, 6.07) is 0.624. The predicted molar refractivity (Wildman–Crippen MR) is 63.7 cm³/mol. The standard InChI is InChI=1S/C10H17N3OS/c1-3-7-5-4-6-13(7)10-8(14-2)9(11)12-15-10/h7H,3-6H2,1-2H3,(H2,11,12). The van der Waals surface area contributed by atoms with Crippen LogP contribution in [0.5, 0.6) is 5.75 Å². The Hall–Kier alpha value is -0.970. The molecule has 1 aliphatic rings. The molecule has 0 radical (unpaired) electrons. The summed E-state index contributed by atoms with van der Waals surface area (Å²) in [5, 5.41) is 1.10. The zero-order valence-electron chi connectivity index (χ0n) is 9.19. The largest absolute Gasteiger partial charge is 0.490 e. The Kier molecular flexibility index (Phi) is 3.00. The number of hydrogen-bond donors (Lipinski definition) is 1. The molecule has 1 saturated heterocycles. The molecule has 0 aromatic carbocycles. The maximum Gasteiger partial charge on any atom is 0.197 e. The van der Waals surface area contributed by atoms with Crippen LogP contribution in [-0.2, 0) is 0 Å². The third kappa shape index (κ3) is 1.76. The summed E-state index contributed by atoms with van der Waals surface area (Å²) < 4.78 is 9.46. The van der Waals surface area contributed by atoms with Gasteiger partial charge in [0.25, 0.3) is 0 Å². The van der Waals surface area contributed by atoms with E-state index in [2.05, 4.69) is 16.2 Å². The van der Waals surface area contributed by atoms with Crippen LogP contribution < -0.4 is 15.4 Å². The van der Waals surface area contributed by atoms with Crippen molar-refractivity contribution in [3.05, 3.63) is 0 Å². The number of nitrogens with two attached hydrogens (primary N) is 1. The molecule has 2 N–H and O–H groups in total. The van der Waals surface area contributed by atoms with Gasteiger partial charge >= 0.3 is 0 Å². The van der Waals surface area contributed by atoms with Gasteiger partial charge in [-0.15, -0.1) is 0 Å². The number of rotatable bonds is 3. The molecule has 5 heteroatoms. The van der Waals surface area contributed by atoms with Gasteiger partial charge in [0.05, 0.1) is 7.11 Å². The summed E-state index contributed by atoms with van der Waals surface area (Å²) in [6.45, 7) is 3.32. The molecule has 0 bridgehead atoms. The average molecular weight is 227 g/mol. The molecule has 84 valence electrons. The van der Waals surface area contributed by atoms with Crippen LogP contribution in [-0.4, -0.2) is 24.1 Å². The molecule has 1 atom stereocenters. The molecule has 1 aliphatic heterocycles. The van der Waals surface area contributed by atoms with Gasteiger partial charge in [-0.1, -0.05) is 6.92 Å². The molecule has 0 saturated carbocycles. The fraction of sp³-hybridized carbons (Fsp3) is 0.700. The molecule has 1 fully saturated rings. The van der Waals surface area contributed by atoms with Crippen molar-refractivity contribution in [3.8, 4) is 5.75 Å². The monoisotopic (exact) mass is 227 g/mol. The van der Waals surface area contributed by atoms with Crippen LogP contribution in [0.1, 0.15) is 26.2 Å². The maximum atomic E-state index is 5.75. The van der Waals surface area contributed by atoms with Crippen molar-refractivity contribution in [2.75, 3.05) is 24.3 Å². The summed E-state index contributed by atoms with van der Waals surface area (Å²) in [4.78, 5) is 2.38. The van der Waals surface area contributed by atoms with Crippen LogP contribution in [0.15, 0.2) is 0 Å². The Morgan fingerprint density at radius 3 is 3.13 bits per heavy atom. The highest BCUT2D eigenvalue weighted by molar-refractivity contribution is 7.11. The van der Waals surface area contributed by atoms with Crippen molar-refractivity contribution in [1.29, 1.82) is 0 Å². The third-order valence-electron chi connectivity index (χ3n) is 2.97. The smallest absolute Gasteiger partial charge is 0.197 e. The molecular weight excluding hydrogens is 210 g/mol. The summed E-state index contributed by atoms with van der Waals surface area (Å²) in [7, 11) is 1.65. The SMILES string of the molecule is CCC1CCCN1c1snc(N)c1OC. The van der Waals surface area contributed by atoms with Gasteiger partial charge in [-0.3, -0.25) is 0 Å². The van der Waals surface area contributed by atoms with E-state index in [0.29, 0.717) is 11.9 Å². The van der Waals surface area contributed by atoms with Gasteiger partial charge in [0.15, 0.2) is 16.6 Å².